The average molecular weight is 210 g/mol. The molecule has 1 heterocycles. The number of hydrogen-bond donors (Lipinski definition) is 2. The first kappa shape index (κ1) is 10.9. The predicted molar refractivity (Wildman–Crippen MR) is 60.6 cm³/mol. The minimum absolute atomic E-state index is 0.220. The van der Waals surface area contributed by atoms with Gasteiger partial charge >= 0.3 is 0 Å². The van der Waals surface area contributed by atoms with E-state index in [0.29, 0.717) is 18.5 Å². The van der Waals surface area contributed by atoms with Crippen LogP contribution in [0.15, 0.2) is 0 Å². The van der Waals surface area contributed by atoms with Crippen molar-refractivity contribution in [2.24, 2.45) is 5.92 Å². The molecule has 1 saturated carbocycles. The van der Waals surface area contributed by atoms with E-state index in [4.69, 9.17) is 0 Å². The van der Waals surface area contributed by atoms with Crippen LogP contribution in [0.4, 0.5) is 0 Å². The molecule has 1 aliphatic carbocycles. The van der Waals surface area contributed by atoms with Gasteiger partial charge in [-0.3, -0.25) is 4.79 Å². The molecule has 3 heteroatoms. The van der Waals surface area contributed by atoms with Gasteiger partial charge < -0.3 is 10.6 Å². The van der Waals surface area contributed by atoms with Crippen LogP contribution in [0.5, 0.6) is 0 Å². The summed E-state index contributed by atoms with van der Waals surface area (Å²) in [5.41, 5.74) is 0. The van der Waals surface area contributed by atoms with Crippen LogP contribution in [-0.2, 0) is 4.79 Å². The summed E-state index contributed by atoms with van der Waals surface area (Å²) >= 11 is 0. The Kier molecular flexibility index (Phi) is 3.62. The average Bonchev–Trinajstić information content (AvgIpc) is 2.94. The maximum absolute atomic E-state index is 11.4. The number of carbonyl (C=O) groups is 1. The summed E-state index contributed by atoms with van der Waals surface area (Å²) in [6.07, 6.45) is 6.90. The summed E-state index contributed by atoms with van der Waals surface area (Å²) in [6.45, 7) is 3.11. The van der Waals surface area contributed by atoms with Crippen LogP contribution >= 0.6 is 0 Å². The summed E-state index contributed by atoms with van der Waals surface area (Å²) in [7, 11) is 0. The van der Waals surface area contributed by atoms with Gasteiger partial charge in [0.2, 0.25) is 5.91 Å². The summed E-state index contributed by atoms with van der Waals surface area (Å²) in [4.78, 5) is 11.4. The van der Waals surface area contributed by atoms with Crippen molar-refractivity contribution in [2.75, 3.05) is 6.54 Å². The number of carbonyl (C=O) groups excluding carboxylic acids is 1. The van der Waals surface area contributed by atoms with Gasteiger partial charge in [0, 0.05) is 25.0 Å². The third-order valence-corrected chi connectivity index (χ3v) is 3.52. The largest absolute Gasteiger partial charge is 0.356 e. The van der Waals surface area contributed by atoms with Crippen LogP contribution in [0.25, 0.3) is 0 Å². The second-order valence-corrected chi connectivity index (χ2v) is 4.95. The highest BCUT2D eigenvalue weighted by molar-refractivity contribution is 5.76. The van der Waals surface area contributed by atoms with Crippen molar-refractivity contribution in [3.63, 3.8) is 0 Å². The summed E-state index contributed by atoms with van der Waals surface area (Å²) in [6, 6.07) is 1.14. The van der Waals surface area contributed by atoms with E-state index in [9.17, 15) is 4.79 Å². The van der Waals surface area contributed by atoms with Gasteiger partial charge in [-0.15, -0.1) is 0 Å². The SMILES string of the molecule is CCCC1CC1NC1CCCNC(=O)C1. The van der Waals surface area contributed by atoms with Gasteiger partial charge in [-0.25, -0.2) is 0 Å². The predicted octanol–water partition coefficient (Wildman–Crippen LogP) is 1.43. The molecular formula is C12H22N2O. The molecule has 15 heavy (non-hydrogen) atoms. The monoisotopic (exact) mass is 210 g/mol. The van der Waals surface area contributed by atoms with E-state index < -0.39 is 0 Å². The van der Waals surface area contributed by atoms with Crippen LogP contribution in [-0.4, -0.2) is 24.5 Å². The molecule has 0 spiro atoms. The molecule has 0 aromatic rings. The standard InChI is InChI=1S/C12H22N2O/c1-2-4-9-7-11(9)14-10-5-3-6-13-12(15)8-10/h9-11,14H,2-8H2,1H3,(H,13,15). The molecule has 3 atom stereocenters. The van der Waals surface area contributed by atoms with Crippen molar-refractivity contribution in [1.82, 2.24) is 10.6 Å². The maximum atomic E-state index is 11.4. The molecule has 0 aromatic heterocycles. The third kappa shape index (κ3) is 3.20. The van der Waals surface area contributed by atoms with Gasteiger partial charge in [-0.1, -0.05) is 13.3 Å². The van der Waals surface area contributed by atoms with Crippen molar-refractivity contribution in [1.29, 1.82) is 0 Å². The number of amides is 1. The van der Waals surface area contributed by atoms with Crippen molar-refractivity contribution < 1.29 is 4.79 Å². The van der Waals surface area contributed by atoms with Crippen molar-refractivity contribution in [3.8, 4) is 0 Å². The highest BCUT2D eigenvalue weighted by Gasteiger charge is 2.37. The van der Waals surface area contributed by atoms with E-state index >= 15 is 0 Å². The van der Waals surface area contributed by atoms with Crippen LogP contribution < -0.4 is 10.6 Å². The van der Waals surface area contributed by atoms with E-state index in [1.165, 1.54) is 19.3 Å². The summed E-state index contributed by atoms with van der Waals surface area (Å²) in [5.74, 6) is 1.11. The molecule has 3 nitrogen and oxygen atoms in total. The van der Waals surface area contributed by atoms with Crippen molar-refractivity contribution >= 4 is 5.91 Å². The first-order valence-electron chi connectivity index (χ1n) is 6.32. The van der Waals surface area contributed by atoms with E-state index in [1.807, 2.05) is 0 Å². The number of hydrogen-bond acceptors (Lipinski definition) is 2. The Morgan fingerprint density at radius 2 is 2.40 bits per heavy atom. The molecule has 2 rings (SSSR count). The number of rotatable bonds is 4. The second kappa shape index (κ2) is 4.97. The molecule has 0 radical (unpaired) electrons. The lowest BCUT2D eigenvalue weighted by atomic mass is 10.1. The molecule has 86 valence electrons. The van der Waals surface area contributed by atoms with Crippen molar-refractivity contribution in [3.05, 3.63) is 0 Å². The fourth-order valence-electron chi connectivity index (χ4n) is 2.56. The minimum Gasteiger partial charge on any atom is -0.356 e. The van der Waals surface area contributed by atoms with Gasteiger partial charge in [-0.05, 0) is 31.6 Å². The lowest BCUT2D eigenvalue weighted by molar-refractivity contribution is -0.121. The van der Waals surface area contributed by atoms with Gasteiger partial charge in [0.05, 0.1) is 0 Å². The Labute approximate surface area is 92.0 Å². The number of nitrogens with one attached hydrogen (secondary N) is 2. The molecule has 1 aliphatic heterocycles. The summed E-state index contributed by atoms with van der Waals surface area (Å²) in [5, 5.41) is 6.56. The minimum atomic E-state index is 0.220. The molecule has 2 fully saturated rings. The molecule has 1 amide bonds. The Morgan fingerprint density at radius 1 is 1.53 bits per heavy atom. The van der Waals surface area contributed by atoms with E-state index in [0.717, 1.165) is 25.3 Å². The van der Waals surface area contributed by atoms with E-state index in [2.05, 4.69) is 17.6 Å². The molecule has 0 bridgehead atoms. The van der Waals surface area contributed by atoms with Crippen LogP contribution in [0.3, 0.4) is 0 Å². The Bertz CT molecular complexity index is 230. The second-order valence-electron chi connectivity index (χ2n) is 4.95. The normalized spacial score (nSPS) is 35.8. The van der Waals surface area contributed by atoms with Gasteiger partial charge in [0.25, 0.3) is 0 Å². The Hall–Kier alpha value is -0.570. The van der Waals surface area contributed by atoms with Crippen LogP contribution in [0.1, 0.15) is 45.4 Å². The zero-order valence-corrected chi connectivity index (χ0v) is 9.59. The van der Waals surface area contributed by atoms with Crippen molar-refractivity contribution in [2.45, 2.75) is 57.5 Å². The van der Waals surface area contributed by atoms with Gasteiger partial charge in [0.1, 0.15) is 0 Å². The lowest BCUT2D eigenvalue weighted by Crippen LogP contribution is -2.34. The van der Waals surface area contributed by atoms with Gasteiger partial charge in [0.15, 0.2) is 0 Å². The molecule has 1 saturated heterocycles. The quantitative estimate of drug-likeness (QED) is 0.737. The highest BCUT2D eigenvalue weighted by Crippen LogP contribution is 2.35. The first-order valence-corrected chi connectivity index (χ1v) is 6.32. The molecule has 2 aliphatic rings. The van der Waals surface area contributed by atoms with E-state index in [-0.39, 0.29) is 5.91 Å². The Balaban J connectivity index is 1.72. The lowest BCUT2D eigenvalue weighted by Gasteiger charge is -2.14. The third-order valence-electron chi connectivity index (χ3n) is 3.52. The fourth-order valence-corrected chi connectivity index (χ4v) is 2.56. The molecule has 0 aromatic carbocycles. The molecule has 3 unspecified atom stereocenters. The first-order chi connectivity index (χ1) is 7.29. The maximum Gasteiger partial charge on any atom is 0.221 e. The topological polar surface area (TPSA) is 41.1 Å². The zero-order chi connectivity index (χ0) is 10.7. The summed E-state index contributed by atoms with van der Waals surface area (Å²) < 4.78 is 0. The molecule has 2 N–H and O–H groups in total. The van der Waals surface area contributed by atoms with E-state index in [1.54, 1.807) is 0 Å². The van der Waals surface area contributed by atoms with Crippen LogP contribution in [0, 0.1) is 5.92 Å². The fraction of sp³-hybridized carbons (Fsp3) is 0.917. The smallest absolute Gasteiger partial charge is 0.221 e. The zero-order valence-electron chi connectivity index (χ0n) is 9.59. The highest BCUT2D eigenvalue weighted by atomic mass is 16.1. The van der Waals surface area contributed by atoms with Crippen LogP contribution in [0.2, 0.25) is 0 Å². The Morgan fingerprint density at radius 3 is 3.20 bits per heavy atom. The van der Waals surface area contributed by atoms with Gasteiger partial charge in [-0.2, -0.15) is 0 Å². The molecular weight excluding hydrogens is 188 g/mol.